The number of carbonyl (C=O) groups excluding carboxylic acids is 1. The number of amides is 1. The van der Waals surface area contributed by atoms with Crippen molar-refractivity contribution < 1.29 is 4.79 Å². The van der Waals surface area contributed by atoms with Crippen molar-refractivity contribution in [2.75, 3.05) is 7.05 Å². The van der Waals surface area contributed by atoms with Gasteiger partial charge in [0.25, 0.3) is 0 Å². The van der Waals surface area contributed by atoms with Crippen LogP contribution in [-0.2, 0) is 11.3 Å². The summed E-state index contributed by atoms with van der Waals surface area (Å²) in [5.74, 6) is 0.505. The second-order valence-corrected chi connectivity index (χ2v) is 4.88. The van der Waals surface area contributed by atoms with Crippen LogP contribution in [0.5, 0.6) is 0 Å². The Morgan fingerprint density at radius 3 is 2.11 bits per heavy atom. The summed E-state index contributed by atoms with van der Waals surface area (Å²) in [5.41, 5.74) is 8.01. The van der Waals surface area contributed by atoms with Gasteiger partial charge in [-0.05, 0) is 24.0 Å². The van der Waals surface area contributed by atoms with E-state index in [4.69, 9.17) is 5.73 Å². The van der Waals surface area contributed by atoms with Gasteiger partial charge in [-0.1, -0.05) is 38.1 Å². The van der Waals surface area contributed by atoms with Crippen molar-refractivity contribution in [3.8, 4) is 0 Å². The first kappa shape index (κ1) is 16.9. The number of rotatable bonds is 4. The minimum atomic E-state index is -0.435. The molecule has 18 heavy (non-hydrogen) atoms. The van der Waals surface area contributed by atoms with Crippen LogP contribution in [0.15, 0.2) is 24.3 Å². The van der Waals surface area contributed by atoms with E-state index in [0.29, 0.717) is 12.5 Å². The molecule has 0 spiro atoms. The van der Waals surface area contributed by atoms with Crippen molar-refractivity contribution in [2.45, 2.75) is 39.3 Å². The summed E-state index contributed by atoms with van der Waals surface area (Å²) in [4.78, 5) is 13.3. The van der Waals surface area contributed by atoms with Gasteiger partial charge in [-0.15, -0.1) is 12.4 Å². The Labute approximate surface area is 116 Å². The Kier molecular flexibility index (Phi) is 6.96. The first-order valence-corrected chi connectivity index (χ1v) is 6.01. The van der Waals surface area contributed by atoms with Gasteiger partial charge >= 0.3 is 0 Å². The molecule has 0 heterocycles. The number of carbonyl (C=O) groups is 1. The molecule has 0 aliphatic heterocycles. The highest BCUT2D eigenvalue weighted by Crippen LogP contribution is 2.15. The second kappa shape index (κ2) is 7.39. The molecule has 2 N–H and O–H groups in total. The lowest BCUT2D eigenvalue weighted by atomic mass is 10.0. The predicted octanol–water partition coefficient (Wildman–Crippen LogP) is 2.54. The van der Waals surface area contributed by atoms with Crippen LogP contribution in [0, 0.1) is 0 Å². The molecule has 1 aromatic carbocycles. The molecular formula is C14H23ClN2O. The van der Waals surface area contributed by atoms with Gasteiger partial charge in [-0.2, -0.15) is 0 Å². The van der Waals surface area contributed by atoms with E-state index in [1.54, 1.807) is 18.9 Å². The van der Waals surface area contributed by atoms with Crippen LogP contribution in [0.25, 0.3) is 0 Å². The molecule has 0 aliphatic rings. The monoisotopic (exact) mass is 270 g/mol. The lowest BCUT2D eigenvalue weighted by molar-refractivity contribution is -0.131. The van der Waals surface area contributed by atoms with Crippen molar-refractivity contribution in [3.05, 3.63) is 35.4 Å². The van der Waals surface area contributed by atoms with E-state index in [1.165, 1.54) is 5.56 Å². The van der Waals surface area contributed by atoms with E-state index < -0.39 is 6.04 Å². The molecule has 3 nitrogen and oxygen atoms in total. The molecule has 0 fully saturated rings. The highest BCUT2D eigenvalue weighted by Gasteiger charge is 2.13. The molecule has 102 valence electrons. The first-order chi connectivity index (χ1) is 7.91. The smallest absolute Gasteiger partial charge is 0.239 e. The molecule has 1 rings (SSSR count). The quantitative estimate of drug-likeness (QED) is 0.914. The summed E-state index contributed by atoms with van der Waals surface area (Å²) >= 11 is 0. The maximum absolute atomic E-state index is 11.6. The highest BCUT2D eigenvalue weighted by molar-refractivity contribution is 5.85. The maximum atomic E-state index is 11.6. The molecule has 0 aromatic heterocycles. The van der Waals surface area contributed by atoms with Crippen molar-refractivity contribution in [3.63, 3.8) is 0 Å². The predicted molar refractivity (Wildman–Crippen MR) is 77.9 cm³/mol. The number of benzene rings is 1. The average Bonchev–Trinajstić information content (AvgIpc) is 2.28. The third kappa shape index (κ3) is 4.67. The van der Waals surface area contributed by atoms with Crippen molar-refractivity contribution in [1.82, 2.24) is 4.90 Å². The van der Waals surface area contributed by atoms with Crippen LogP contribution in [0.2, 0.25) is 0 Å². The van der Waals surface area contributed by atoms with Gasteiger partial charge in [0.15, 0.2) is 0 Å². The van der Waals surface area contributed by atoms with Gasteiger partial charge in [-0.3, -0.25) is 4.79 Å². The normalized spacial score (nSPS) is 11.9. The van der Waals surface area contributed by atoms with Gasteiger partial charge in [0.05, 0.1) is 6.04 Å². The second-order valence-electron chi connectivity index (χ2n) is 4.88. The summed E-state index contributed by atoms with van der Waals surface area (Å²) in [6, 6.07) is 7.93. The highest BCUT2D eigenvalue weighted by atomic mass is 35.5. The fraction of sp³-hybridized carbons (Fsp3) is 0.500. The molecular weight excluding hydrogens is 248 g/mol. The van der Waals surface area contributed by atoms with E-state index in [1.807, 2.05) is 0 Å². The first-order valence-electron chi connectivity index (χ1n) is 6.01. The van der Waals surface area contributed by atoms with E-state index in [9.17, 15) is 4.79 Å². The Hall–Kier alpha value is -1.06. The van der Waals surface area contributed by atoms with Crippen LogP contribution in [0.3, 0.4) is 0 Å². The van der Waals surface area contributed by atoms with Gasteiger partial charge in [-0.25, -0.2) is 0 Å². The van der Waals surface area contributed by atoms with Gasteiger partial charge in [0.1, 0.15) is 0 Å². The summed E-state index contributed by atoms with van der Waals surface area (Å²) in [6.45, 7) is 6.65. The maximum Gasteiger partial charge on any atom is 0.239 e. The van der Waals surface area contributed by atoms with E-state index in [2.05, 4.69) is 38.1 Å². The summed E-state index contributed by atoms with van der Waals surface area (Å²) in [6.07, 6.45) is 0. The van der Waals surface area contributed by atoms with E-state index >= 15 is 0 Å². The Morgan fingerprint density at radius 1 is 1.22 bits per heavy atom. The number of hydrogen-bond donors (Lipinski definition) is 1. The third-order valence-corrected chi connectivity index (χ3v) is 2.83. The summed E-state index contributed by atoms with van der Waals surface area (Å²) < 4.78 is 0. The zero-order valence-electron chi connectivity index (χ0n) is 11.5. The fourth-order valence-electron chi connectivity index (χ4n) is 1.71. The average molecular weight is 271 g/mol. The molecule has 1 aromatic rings. The number of likely N-dealkylation sites (N-methyl/N-ethyl adjacent to an activating group) is 1. The Morgan fingerprint density at radius 2 is 1.72 bits per heavy atom. The standard InChI is InChI=1S/C14H22N2O.ClH/c1-10(2)13-7-5-12(6-8-13)9-16(4)14(17)11(3)15;/h5-8,10-11H,9,15H2,1-4H3;1H. The number of nitrogens with zero attached hydrogens (tertiary/aromatic N) is 1. The molecule has 4 heteroatoms. The molecule has 0 aliphatic carbocycles. The summed E-state index contributed by atoms with van der Waals surface area (Å²) in [7, 11) is 1.78. The van der Waals surface area contributed by atoms with Crippen LogP contribution >= 0.6 is 12.4 Å². The zero-order valence-corrected chi connectivity index (χ0v) is 12.3. The lowest BCUT2D eigenvalue weighted by Crippen LogP contribution is -2.39. The molecule has 0 saturated heterocycles. The fourth-order valence-corrected chi connectivity index (χ4v) is 1.71. The summed E-state index contributed by atoms with van der Waals surface area (Å²) in [5, 5.41) is 0. The minimum Gasteiger partial charge on any atom is -0.340 e. The molecule has 0 radical (unpaired) electrons. The van der Waals surface area contributed by atoms with Crippen LogP contribution in [0.1, 0.15) is 37.8 Å². The van der Waals surface area contributed by atoms with Crippen molar-refractivity contribution in [1.29, 1.82) is 0 Å². The Balaban J connectivity index is 0.00000289. The van der Waals surface area contributed by atoms with Crippen LogP contribution < -0.4 is 5.73 Å². The van der Waals surface area contributed by atoms with Crippen LogP contribution in [-0.4, -0.2) is 23.9 Å². The SMILES string of the molecule is CC(N)C(=O)N(C)Cc1ccc(C(C)C)cc1.Cl. The van der Waals surface area contributed by atoms with Gasteiger partial charge in [0, 0.05) is 13.6 Å². The lowest BCUT2D eigenvalue weighted by Gasteiger charge is -2.19. The van der Waals surface area contributed by atoms with Gasteiger partial charge < -0.3 is 10.6 Å². The van der Waals surface area contributed by atoms with Crippen LogP contribution in [0.4, 0.5) is 0 Å². The van der Waals surface area contributed by atoms with Crippen molar-refractivity contribution in [2.24, 2.45) is 5.73 Å². The third-order valence-electron chi connectivity index (χ3n) is 2.83. The molecule has 1 unspecified atom stereocenters. The largest absolute Gasteiger partial charge is 0.340 e. The molecule has 1 atom stereocenters. The molecule has 1 amide bonds. The van der Waals surface area contributed by atoms with E-state index in [-0.39, 0.29) is 18.3 Å². The molecule has 0 saturated carbocycles. The topological polar surface area (TPSA) is 46.3 Å². The molecule has 0 bridgehead atoms. The van der Waals surface area contributed by atoms with E-state index in [0.717, 1.165) is 5.56 Å². The number of halogens is 1. The Bertz CT molecular complexity index is 374. The number of hydrogen-bond acceptors (Lipinski definition) is 2. The van der Waals surface area contributed by atoms with Crippen molar-refractivity contribution >= 4 is 18.3 Å². The minimum absolute atomic E-state index is 0. The zero-order chi connectivity index (χ0) is 13.0. The number of nitrogens with two attached hydrogens (primary N) is 1. The van der Waals surface area contributed by atoms with Gasteiger partial charge in [0.2, 0.25) is 5.91 Å².